The van der Waals surface area contributed by atoms with E-state index in [4.69, 9.17) is 0 Å². The summed E-state index contributed by atoms with van der Waals surface area (Å²) in [7, 11) is 0. The van der Waals surface area contributed by atoms with Crippen molar-refractivity contribution in [2.24, 2.45) is 0 Å². The third kappa shape index (κ3) is 4.44. The lowest BCUT2D eigenvalue weighted by atomic mass is 10.1. The number of carbonyl (C=O) groups excluding carboxylic acids is 2. The van der Waals surface area contributed by atoms with Gasteiger partial charge in [0, 0.05) is 25.6 Å². The van der Waals surface area contributed by atoms with Crippen molar-refractivity contribution in [3.05, 3.63) is 42.0 Å². The number of benzene rings is 1. The Morgan fingerprint density at radius 3 is 2.62 bits per heavy atom. The molecular weight excluding hydrogens is 338 g/mol. The van der Waals surface area contributed by atoms with Gasteiger partial charge in [-0.05, 0) is 37.6 Å². The van der Waals surface area contributed by atoms with Crippen LogP contribution in [0.4, 0.5) is 0 Å². The van der Waals surface area contributed by atoms with Crippen LogP contribution in [0.15, 0.2) is 30.9 Å². The molecule has 138 valence electrons. The molecule has 0 saturated heterocycles. The Morgan fingerprint density at radius 1 is 1.35 bits per heavy atom. The van der Waals surface area contributed by atoms with Crippen LogP contribution in [0.25, 0.3) is 5.69 Å². The number of carbonyl (C=O) groups is 3. The normalized spacial score (nSPS) is 11.7. The summed E-state index contributed by atoms with van der Waals surface area (Å²) in [6, 6.07) is 4.10. The summed E-state index contributed by atoms with van der Waals surface area (Å²) in [4.78, 5) is 40.4. The molecule has 1 atom stereocenters. The Labute approximate surface area is 150 Å². The summed E-state index contributed by atoms with van der Waals surface area (Å²) in [5.74, 6) is -1.76. The molecule has 1 aromatic carbocycles. The standard InChI is InChI=1S/C17H21N5O4/c1-11-8-14(22-10-18-9-20-22)4-5-15(11)16(24)21(12(2)17(25)26)7-6-19-13(3)23/h4-5,8-10,12H,6-7H2,1-3H3,(H,19,23)(H,25,26). The first kappa shape index (κ1) is 19.1. The van der Waals surface area contributed by atoms with E-state index in [1.807, 2.05) is 0 Å². The van der Waals surface area contributed by atoms with Gasteiger partial charge in [0.2, 0.25) is 5.91 Å². The van der Waals surface area contributed by atoms with E-state index in [2.05, 4.69) is 15.4 Å². The highest BCUT2D eigenvalue weighted by Crippen LogP contribution is 2.17. The zero-order chi connectivity index (χ0) is 19.3. The predicted molar refractivity (Wildman–Crippen MR) is 92.9 cm³/mol. The highest BCUT2D eigenvalue weighted by molar-refractivity contribution is 5.98. The van der Waals surface area contributed by atoms with Gasteiger partial charge in [0.25, 0.3) is 5.91 Å². The summed E-state index contributed by atoms with van der Waals surface area (Å²) < 4.78 is 1.57. The molecule has 0 radical (unpaired) electrons. The third-order valence-corrected chi connectivity index (χ3v) is 3.94. The zero-order valence-corrected chi connectivity index (χ0v) is 14.8. The van der Waals surface area contributed by atoms with E-state index in [-0.39, 0.29) is 19.0 Å². The van der Waals surface area contributed by atoms with E-state index < -0.39 is 17.9 Å². The molecule has 9 heteroatoms. The van der Waals surface area contributed by atoms with Crippen LogP contribution in [0, 0.1) is 6.92 Å². The van der Waals surface area contributed by atoms with Gasteiger partial charge in [-0.2, -0.15) is 5.10 Å². The summed E-state index contributed by atoms with van der Waals surface area (Å²) in [5.41, 5.74) is 1.82. The molecule has 2 amide bonds. The van der Waals surface area contributed by atoms with Crippen molar-refractivity contribution in [1.82, 2.24) is 25.0 Å². The number of nitrogens with zero attached hydrogens (tertiary/aromatic N) is 4. The van der Waals surface area contributed by atoms with Crippen molar-refractivity contribution in [3.8, 4) is 5.69 Å². The third-order valence-electron chi connectivity index (χ3n) is 3.94. The zero-order valence-electron chi connectivity index (χ0n) is 14.8. The minimum Gasteiger partial charge on any atom is -0.480 e. The van der Waals surface area contributed by atoms with Crippen molar-refractivity contribution < 1.29 is 19.5 Å². The van der Waals surface area contributed by atoms with Gasteiger partial charge >= 0.3 is 5.97 Å². The van der Waals surface area contributed by atoms with Crippen molar-refractivity contribution in [2.45, 2.75) is 26.8 Å². The predicted octanol–water partition coefficient (Wildman–Crippen LogP) is 0.627. The second-order valence-corrected chi connectivity index (χ2v) is 5.83. The van der Waals surface area contributed by atoms with Gasteiger partial charge in [0.05, 0.1) is 5.69 Å². The van der Waals surface area contributed by atoms with E-state index in [1.165, 1.54) is 25.1 Å². The molecule has 2 rings (SSSR count). The van der Waals surface area contributed by atoms with Crippen molar-refractivity contribution in [3.63, 3.8) is 0 Å². The van der Waals surface area contributed by atoms with Gasteiger partial charge in [-0.3, -0.25) is 9.59 Å². The van der Waals surface area contributed by atoms with Gasteiger partial charge < -0.3 is 15.3 Å². The highest BCUT2D eigenvalue weighted by atomic mass is 16.4. The molecule has 1 unspecified atom stereocenters. The number of carboxylic acid groups (broad SMARTS) is 1. The lowest BCUT2D eigenvalue weighted by molar-refractivity contribution is -0.141. The van der Waals surface area contributed by atoms with E-state index in [1.54, 1.807) is 36.1 Å². The molecule has 9 nitrogen and oxygen atoms in total. The first-order valence-electron chi connectivity index (χ1n) is 8.05. The molecule has 2 N–H and O–H groups in total. The summed E-state index contributed by atoms with van der Waals surface area (Å²) in [6.45, 7) is 4.84. The van der Waals surface area contributed by atoms with E-state index in [9.17, 15) is 19.5 Å². The number of aromatic nitrogens is 3. The van der Waals surface area contributed by atoms with Gasteiger partial charge in [-0.25, -0.2) is 14.5 Å². The molecule has 0 fully saturated rings. The molecule has 0 aliphatic carbocycles. The lowest BCUT2D eigenvalue weighted by Gasteiger charge is -2.27. The van der Waals surface area contributed by atoms with Gasteiger partial charge in [0.15, 0.2) is 0 Å². The van der Waals surface area contributed by atoms with Crippen LogP contribution < -0.4 is 5.32 Å². The minimum absolute atomic E-state index is 0.0934. The fourth-order valence-corrected chi connectivity index (χ4v) is 2.48. The minimum atomic E-state index is -1.11. The molecule has 1 heterocycles. The monoisotopic (exact) mass is 359 g/mol. The SMILES string of the molecule is CC(=O)NCCN(C(=O)c1ccc(-n2cncn2)cc1C)C(C)C(=O)O. The van der Waals surface area contributed by atoms with Crippen LogP contribution >= 0.6 is 0 Å². The number of rotatable bonds is 7. The summed E-state index contributed by atoms with van der Waals surface area (Å²) >= 11 is 0. The van der Waals surface area contributed by atoms with E-state index >= 15 is 0 Å². The smallest absolute Gasteiger partial charge is 0.326 e. The topological polar surface area (TPSA) is 117 Å². The van der Waals surface area contributed by atoms with Crippen LogP contribution in [-0.2, 0) is 9.59 Å². The Kier molecular flexibility index (Phi) is 6.05. The Morgan fingerprint density at radius 2 is 2.08 bits per heavy atom. The number of carboxylic acids is 1. The fraction of sp³-hybridized carbons (Fsp3) is 0.353. The Hall–Kier alpha value is -3.23. The second kappa shape index (κ2) is 8.24. The number of aliphatic carboxylic acids is 1. The van der Waals surface area contributed by atoms with Gasteiger partial charge in [0.1, 0.15) is 18.7 Å². The molecule has 0 saturated carbocycles. The summed E-state index contributed by atoms with van der Waals surface area (Å²) in [5, 5.41) is 15.9. The maximum atomic E-state index is 12.9. The number of aryl methyl sites for hydroxylation is 1. The lowest BCUT2D eigenvalue weighted by Crippen LogP contribution is -2.46. The molecule has 0 spiro atoms. The maximum absolute atomic E-state index is 12.9. The number of amides is 2. The van der Waals surface area contributed by atoms with Crippen LogP contribution in [0.3, 0.4) is 0 Å². The van der Waals surface area contributed by atoms with E-state index in [0.717, 1.165) is 5.69 Å². The molecule has 2 aromatic rings. The molecule has 0 aliphatic heterocycles. The van der Waals surface area contributed by atoms with Crippen LogP contribution in [0.2, 0.25) is 0 Å². The van der Waals surface area contributed by atoms with Gasteiger partial charge in [-0.1, -0.05) is 0 Å². The second-order valence-electron chi connectivity index (χ2n) is 5.83. The average Bonchev–Trinajstić information content (AvgIpc) is 3.11. The van der Waals surface area contributed by atoms with E-state index in [0.29, 0.717) is 11.1 Å². The van der Waals surface area contributed by atoms with Crippen LogP contribution in [0.5, 0.6) is 0 Å². The first-order chi connectivity index (χ1) is 12.3. The quantitative estimate of drug-likeness (QED) is 0.749. The summed E-state index contributed by atoms with van der Waals surface area (Å²) in [6.07, 6.45) is 2.95. The van der Waals surface area contributed by atoms with Gasteiger partial charge in [-0.15, -0.1) is 0 Å². The van der Waals surface area contributed by atoms with Crippen LogP contribution in [-0.4, -0.2) is 61.7 Å². The Bertz CT molecular complexity index is 803. The number of hydrogen-bond donors (Lipinski definition) is 2. The Balaban J connectivity index is 2.26. The largest absolute Gasteiger partial charge is 0.480 e. The maximum Gasteiger partial charge on any atom is 0.326 e. The van der Waals surface area contributed by atoms with Crippen molar-refractivity contribution in [1.29, 1.82) is 0 Å². The first-order valence-corrected chi connectivity index (χ1v) is 8.05. The fourth-order valence-electron chi connectivity index (χ4n) is 2.48. The highest BCUT2D eigenvalue weighted by Gasteiger charge is 2.27. The molecule has 26 heavy (non-hydrogen) atoms. The number of hydrogen-bond acceptors (Lipinski definition) is 5. The average molecular weight is 359 g/mol. The molecule has 0 bridgehead atoms. The molecular formula is C17H21N5O4. The molecule has 0 aliphatic rings. The van der Waals surface area contributed by atoms with Crippen molar-refractivity contribution in [2.75, 3.05) is 13.1 Å². The van der Waals surface area contributed by atoms with Crippen LogP contribution in [0.1, 0.15) is 29.8 Å². The molecule has 1 aromatic heterocycles. The van der Waals surface area contributed by atoms with Crippen molar-refractivity contribution >= 4 is 17.8 Å². The number of nitrogens with one attached hydrogen (secondary N) is 1.